The van der Waals surface area contributed by atoms with E-state index in [9.17, 15) is 9.59 Å². The van der Waals surface area contributed by atoms with Crippen LogP contribution in [0.15, 0.2) is 24.3 Å². The van der Waals surface area contributed by atoms with Crippen molar-refractivity contribution >= 4 is 23.5 Å². The number of amides is 1. The van der Waals surface area contributed by atoms with Crippen LogP contribution in [0.25, 0.3) is 0 Å². The SMILES string of the molecule is CN(C)C(=O)CC(CC(=O)O)c1ccc(Cl)cc1. The zero-order valence-corrected chi connectivity index (χ0v) is 11.1. The number of benzene rings is 1. The molecule has 1 N–H and O–H groups in total. The molecule has 1 aromatic rings. The average molecular weight is 270 g/mol. The van der Waals surface area contributed by atoms with Gasteiger partial charge in [-0.2, -0.15) is 0 Å². The number of carboxylic acid groups (broad SMARTS) is 1. The Balaban J connectivity index is 2.87. The molecule has 1 amide bonds. The molecule has 0 aliphatic rings. The van der Waals surface area contributed by atoms with Crippen molar-refractivity contribution in [1.29, 1.82) is 0 Å². The number of carbonyl (C=O) groups excluding carboxylic acids is 1. The van der Waals surface area contributed by atoms with Crippen LogP contribution in [0.1, 0.15) is 24.3 Å². The van der Waals surface area contributed by atoms with Gasteiger partial charge in [-0.1, -0.05) is 23.7 Å². The van der Waals surface area contributed by atoms with Gasteiger partial charge in [-0.05, 0) is 17.7 Å². The fourth-order valence-electron chi connectivity index (χ4n) is 1.65. The standard InChI is InChI=1S/C13H16ClNO3/c1-15(2)12(16)7-10(8-13(17)18)9-3-5-11(14)6-4-9/h3-6,10H,7-8H2,1-2H3,(H,17,18). The molecule has 98 valence electrons. The van der Waals surface area contributed by atoms with E-state index in [1.807, 2.05) is 0 Å². The van der Waals surface area contributed by atoms with Crippen molar-refractivity contribution in [3.05, 3.63) is 34.9 Å². The molecule has 1 rings (SSSR count). The summed E-state index contributed by atoms with van der Waals surface area (Å²) in [5, 5.41) is 9.49. The Morgan fingerprint density at radius 1 is 1.22 bits per heavy atom. The molecule has 0 bridgehead atoms. The number of rotatable bonds is 5. The van der Waals surface area contributed by atoms with E-state index in [1.54, 1.807) is 38.4 Å². The maximum Gasteiger partial charge on any atom is 0.303 e. The zero-order chi connectivity index (χ0) is 13.7. The number of hydrogen-bond donors (Lipinski definition) is 1. The molecule has 0 aliphatic carbocycles. The highest BCUT2D eigenvalue weighted by molar-refractivity contribution is 6.30. The van der Waals surface area contributed by atoms with E-state index < -0.39 is 5.97 Å². The van der Waals surface area contributed by atoms with Crippen LogP contribution in [0.3, 0.4) is 0 Å². The maximum atomic E-state index is 11.7. The third-order valence-corrected chi connectivity index (χ3v) is 2.93. The van der Waals surface area contributed by atoms with Gasteiger partial charge in [-0.15, -0.1) is 0 Å². The molecule has 0 heterocycles. The third kappa shape index (κ3) is 4.37. The molecule has 0 fully saturated rings. The second kappa shape index (κ2) is 6.40. The number of nitrogens with zero attached hydrogens (tertiary/aromatic N) is 1. The monoisotopic (exact) mass is 269 g/mol. The molecule has 1 atom stereocenters. The molecule has 18 heavy (non-hydrogen) atoms. The van der Waals surface area contributed by atoms with Crippen molar-refractivity contribution in [2.45, 2.75) is 18.8 Å². The predicted octanol–water partition coefficient (Wildman–Crippen LogP) is 2.38. The topological polar surface area (TPSA) is 57.6 Å². The van der Waals surface area contributed by atoms with E-state index >= 15 is 0 Å². The molecule has 4 nitrogen and oxygen atoms in total. The van der Waals surface area contributed by atoms with Crippen LogP contribution in [0.5, 0.6) is 0 Å². The first kappa shape index (κ1) is 14.5. The summed E-state index contributed by atoms with van der Waals surface area (Å²) in [6.07, 6.45) is 0.113. The quantitative estimate of drug-likeness (QED) is 0.893. The van der Waals surface area contributed by atoms with Gasteiger partial charge in [0.05, 0.1) is 6.42 Å². The second-order valence-corrected chi connectivity index (χ2v) is 4.78. The molecular formula is C13H16ClNO3. The van der Waals surface area contributed by atoms with Crippen LogP contribution in [-0.4, -0.2) is 36.0 Å². The van der Waals surface area contributed by atoms with Crippen molar-refractivity contribution in [1.82, 2.24) is 4.90 Å². The van der Waals surface area contributed by atoms with E-state index in [0.29, 0.717) is 5.02 Å². The van der Waals surface area contributed by atoms with Crippen molar-refractivity contribution in [3.63, 3.8) is 0 Å². The van der Waals surface area contributed by atoms with Crippen molar-refractivity contribution in [2.24, 2.45) is 0 Å². The van der Waals surface area contributed by atoms with E-state index in [2.05, 4.69) is 0 Å². The van der Waals surface area contributed by atoms with Gasteiger partial charge in [-0.3, -0.25) is 9.59 Å². The second-order valence-electron chi connectivity index (χ2n) is 4.34. The number of carbonyl (C=O) groups is 2. The summed E-state index contributed by atoms with van der Waals surface area (Å²) in [5.41, 5.74) is 0.817. The summed E-state index contributed by atoms with van der Waals surface area (Å²) in [7, 11) is 3.31. The Morgan fingerprint density at radius 3 is 2.22 bits per heavy atom. The molecule has 0 aromatic heterocycles. The molecule has 1 aromatic carbocycles. The largest absolute Gasteiger partial charge is 0.481 e. The van der Waals surface area contributed by atoms with Crippen LogP contribution >= 0.6 is 11.6 Å². The van der Waals surface area contributed by atoms with Gasteiger partial charge in [0.1, 0.15) is 0 Å². The van der Waals surface area contributed by atoms with E-state index in [4.69, 9.17) is 16.7 Å². The normalized spacial score (nSPS) is 11.9. The van der Waals surface area contributed by atoms with Gasteiger partial charge in [0.25, 0.3) is 0 Å². The van der Waals surface area contributed by atoms with Crippen molar-refractivity contribution < 1.29 is 14.7 Å². The van der Waals surface area contributed by atoms with Crippen LogP contribution in [0.2, 0.25) is 5.02 Å². The van der Waals surface area contributed by atoms with Crippen LogP contribution in [0, 0.1) is 0 Å². The Morgan fingerprint density at radius 2 is 1.78 bits per heavy atom. The average Bonchev–Trinajstić information content (AvgIpc) is 2.28. The fourth-order valence-corrected chi connectivity index (χ4v) is 1.77. The first-order valence-electron chi connectivity index (χ1n) is 5.57. The summed E-state index contributed by atoms with van der Waals surface area (Å²) in [6.45, 7) is 0. The highest BCUT2D eigenvalue weighted by atomic mass is 35.5. The van der Waals surface area contributed by atoms with E-state index in [1.165, 1.54) is 4.90 Å². The van der Waals surface area contributed by atoms with Gasteiger partial charge in [0.2, 0.25) is 5.91 Å². The Labute approximate surface area is 111 Å². The molecule has 1 unspecified atom stereocenters. The highest BCUT2D eigenvalue weighted by Gasteiger charge is 2.20. The van der Waals surface area contributed by atoms with Crippen molar-refractivity contribution in [3.8, 4) is 0 Å². The predicted molar refractivity (Wildman–Crippen MR) is 69.8 cm³/mol. The van der Waals surface area contributed by atoms with E-state index in [-0.39, 0.29) is 24.7 Å². The lowest BCUT2D eigenvalue weighted by molar-refractivity contribution is -0.137. The minimum atomic E-state index is -0.915. The summed E-state index contributed by atoms with van der Waals surface area (Å²) >= 11 is 5.79. The molecule has 0 saturated heterocycles. The van der Waals surface area contributed by atoms with Gasteiger partial charge in [0, 0.05) is 31.5 Å². The zero-order valence-electron chi connectivity index (χ0n) is 10.4. The maximum absolute atomic E-state index is 11.7. The third-order valence-electron chi connectivity index (χ3n) is 2.68. The molecule has 0 spiro atoms. The van der Waals surface area contributed by atoms with Gasteiger partial charge >= 0.3 is 5.97 Å². The number of halogens is 1. The number of carboxylic acids is 1. The minimum absolute atomic E-state index is 0.0682. The lowest BCUT2D eigenvalue weighted by Gasteiger charge is -2.18. The number of aliphatic carboxylic acids is 1. The first-order chi connectivity index (χ1) is 8.40. The molecule has 0 aliphatic heterocycles. The molecule has 0 saturated carbocycles. The summed E-state index contributed by atoms with van der Waals surface area (Å²) in [6, 6.07) is 6.93. The molecule has 5 heteroatoms. The lowest BCUT2D eigenvalue weighted by Crippen LogP contribution is -2.24. The molecule has 0 radical (unpaired) electrons. The van der Waals surface area contributed by atoms with Crippen molar-refractivity contribution in [2.75, 3.05) is 14.1 Å². The fraction of sp³-hybridized carbons (Fsp3) is 0.385. The lowest BCUT2D eigenvalue weighted by atomic mass is 9.92. The minimum Gasteiger partial charge on any atom is -0.481 e. The summed E-state index contributed by atoms with van der Waals surface area (Å²) in [4.78, 5) is 24.0. The number of hydrogen-bond acceptors (Lipinski definition) is 2. The van der Waals surface area contributed by atoms with Crippen LogP contribution in [0.4, 0.5) is 0 Å². The van der Waals surface area contributed by atoms with E-state index in [0.717, 1.165) is 5.56 Å². The smallest absolute Gasteiger partial charge is 0.303 e. The van der Waals surface area contributed by atoms with Crippen LogP contribution in [-0.2, 0) is 9.59 Å². The molecular weight excluding hydrogens is 254 g/mol. The van der Waals surface area contributed by atoms with Gasteiger partial charge in [-0.25, -0.2) is 0 Å². The van der Waals surface area contributed by atoms with Crippen LogP contribution < -0.4 is 0 Å². The Bertz CT molecular complexity index is 428. The summed E-state index contributed by atoms with van der Waals surface area (Å²) in [5.74, 6) is -1.33. The Hall–Kier alpha value is -1.55. The van der Waals surface area contributed by atoms with Gasteiger partial charge in [0.15, 0.2) is 0 Å². The first-order valence-corrected chi connectivity index (χ1v) is 5.95. The highest BCUT2D eigenvalue weighted by Crippen LogP contribution is 2.25. The Kier molecular flexibility index (Phi) is 5.16. The summed E-state index contributed by atoms with van der Waals surface area (Å²) < 4.78 is 0. The van der Waals surface area contributed by atoms with Gasteiger partial charge < -0.3 is 10.0 Å².